The second kappa shape index (κ2) is 5.54. The van der Waals surface area contributed by atoms with Crippen LogP contribution in [0.2, 0.25) is 0 Å². The number of rotatable bonds is 4. The summed E-state index contributed by atoms with van der Waals surface area (Å²) in [6.07, 6.45) is 3.49. The number of ether oxygens (including phenoxy) is 1. The molecule has 1 unspecified atom stereocenters. The Bertz CT molecular complexity index is 433. The number of nitrogens with one attached hydrogen (secondary N) is 1. The van der Waals surface area contributed by atoms with Gasteiger partial charge in [0.25, 0.3) is 5.91 Å². The van der Waals surface area contributed by atoms with E-state index < -0.39 is 17.7 Å². The van der Waals surface area contributed by atoms with Gasteiger partial charge in [0.15, 0.2) is 0 Å². The molecule has 2 rings (SSSR count). The fourth-order valence-corrected chi connectivity index (χ4v) is 1.97. The molecule has 1 saturated heterocycles. The molecule has 0 spiro atoms. The minimum atomic E-state index is -0.611. The Morgan fingerprint density at radius 3 is 2.65 bits per heavy atom. The Kier molecular flexibility index (Phi) is 4.15. The summed E-state index contributed by atoms with van der Waals surface area (Å²) in [6.45, 7) is 5.50. The van der Waals surface area contributed by atoms with Crippen molar-refractivity contribution < 1.29 is 19.4 Å². The maximum absolute atomic E-state index is 11.9. The number of likely N-dealkylation sites (tertiary alicyclic amines) is 1. The summed E-state index contributed by atoms with van der Waals surface area (Å²) in [5.74, 6) is -0.299. The lowest BCUT2D eigenvalue weighted by Crippen LogP contribution is -2.66. The van der Waals surface area contributed by atoms with Crippen molar-refractivity contribution in [3.63, 3.8) is 0 Å². The third kappa shape index (κ3) is 3.80. The first-order valence-corrected chi connectivity index (χ1v) is 6.91. The minimum Gasteiger partial charge on any atom is -0.443 e. The molecule has 0 bridgehead atoms. The molecule has 2 N–H and O–H groups in total. The highest BCUT2D eigenvalue weighted by atomic mass is 16.6. The molecule has 6 heteroatoms. The monoisotopic (exact) mass is 282 g/mol. The first kappa shape index (κ1) is 15.0. The number of aliphatic hydroxyl groups excluding tert-OH is 1. The van der Waals surface area contributed by atoms with Gasteiger partial charge < -0.3 is 9.84 Å². The van der Waals surface area contributed by atoms with Gasteiger partial charge in [-0.2, -0.15) is 0 Å². The lowest BCUT2D eigenvalue weighted by atomic mass is 10.1. The van der Waals surface area contributed by atoms with E-state index in [9.17, 15) is 14.7 Å². The van der Waals surface area contributed by atoms with Gasteiger partial charge in [-0.05, 0) is 33.6 Å². The van der Waals surface area contributed by atoms with E-state index in [4.69, 9.17) is 4.74 Å². The minimum absolute atomic E-state index is 0.0558. The molecule has 2 aliphatic rings. The number of imide groups is 1. The van der Waals surface area contributed by atoms with Crippen LogP contribution in [0.1, 0.15) is 33.6 Å². The highest BCUT2D eigenvalue weighted by molar-refractivity contribution is 6.00. The van der Waals surface area contributed by atoms with Crippen molar-refractivity contribution in [2.45, 2.75) is 51.3 Å². The highest BCUT2D eigenvalue weighted by Gasteiger charge is 2.43. The van der Waals surface area contributed by atoms with Gasteiger partial charge in [0.05, 0.1) is 13.2 Å². The van der Waals surface area contributed by atoms with Crippen molar-refractivity contribution in [2.75, 3.05) is 13.2 Å². The second-order valence-electron chi connectivity index (χ2n) is 6.26. The van der Waals surface area contributed by atoms with Crippen LogP contribution in [-0.2, 0) is 9.53 Å². The van der Waals surface area contributed by atoms with Gasteiger partial charge in [0, 0.05) is 6.04 Å². The smallest absolute Gasteiger partial charge is 0.417 e. The van der Waals surface area contributed by atoms with E-state index in [-0.39, 0.29) is 25.1 Å². The normalized spacial score (nSPS) is 23.2. The van der Waals surface area contributed by atoms with Gasteiger partial charge in [0.1, 0.15) is 11.6 Å². The van der Waals surface area contributed by atoms with Gasteiger partial charge in [-0.25, -0.2) is 9.69 Å². The first-order valence-electron chi connectivity index (χ1n) is 6.91. The van der Waals surface area contributed by atoms with Crippen molar-refractivity contribution in [1.29, 1.82) is 0 Å². The molecule has 2 fully saturated rings. The molecule has 0 radical (unpaired) electrons. The number of allylic oxidation sites excluding steroid dienone is 1. The summed E-state index contributed by atoms with van der Waals surface area (Å²) in [5.41, 5.74) is 0.687. The van der Waals surface area contributed by atoms with Crippen molar-refractivity contribution in [1.82, 2.24) is 10.2 Å². The average Bonchev–Trinajstić information content (AvgIpc) is 3.13. The Labute approximate surface area is 118 Å². The lowest BCUT2D eigenvalue weighted by Gasteiger charge is -2.38. The largest absolute Gasteiger partial charge is 0.443 e. The van der Waals surface area contributed by atoms with Crippen LogP contribution in [0.15, 0.2) is 11.6 Å². The van der Waals surface area contributed by atoms with Crippen LogP contribution in [0.5, 0.6) is 0 Å². The van der Waals surface area contributed by atoms with Gasteiger partial charge in [-0.1, -0.05) is 11.6 Å². The van der Waals surface area contributed by atoms with Crippen LogP contribution in [-0.4, -0.2) is 52.8 Å². The van der Waals surface area contributed by atoms with E-state index >= 15 is 0 Å². The molecule has 6 nitrogen and oxygen atoms in total. The zero-order valence-electron chi connectivity index (χ0n) is 12.2. The number of nitrogens with zero attached hydrogens (tertiary/aromatic N) is 1. The summed E-state index contributed by atoms with van der Waals surface area (Å²) in [7, 11) is 0. The van der Waals surface area contributed by atoms with E-state index in [1.165, 1.54) is 5.57 Å². The molecule has 2 atom stereocenters. The van der Waals surface area contributed by atoms with Crippen molar-refractivity contribution in [2.24, 2.45) is 0 Å². The van der Waals surface area contributed by atoms with Gasteiger partial charge in [0.2, 0.25) is 0 Å². The number of aliphatic hydroxyl groups is 1. The van der Waals surface area contributed by atoms with Crippen LogP contribution in [0.25, 0.3) is 0 Å². The molecule has 1 saturated carbocycles. The fraction of sp³-hybridized carbons (Fsp3) is 0.714. The highest BCUT2D eigenvalue weighted by Crippen LogP contribution is 2.28. The van der Waals surface area contributed by atoms with Crippen LogP contribution in [0.3, 0.4) is 0 Å². The molecule has 112 valence electrons. The third-order valence-corrected chi connectivity index (χ3v) is 3.13. The van der Waals surface area contributed by atoms with Crippen molar-refractivity contribution >= 4 is 12.0 Å². The lowest BCUT2D eigenvalue weighted by molar-refractivity contribution is -0.142. The molecule has 0 aromatic carbocycles. The molecular formula is C14H22N2O4. The van der Waals surface area contributed by atoms with E-state index in [0.29, 0.717) is 0 Å². The van der Waals surface area contributed by atoms with E-state index in [0.717, 1.165) is 17.7 Å². The Morgan fingerprint density at radius 2 is 2.20 bits per heavy atom. The Hall–Kier alpha value is -1.40. The molecule has 1 heterocycles. The number of carbonyl (C=O) groups is 2. The summed E-state index contributed by atoms with van der Waals surface area (Å²) >= 11 is 0. The van der Waals surface area contributed by atoms with Crippen LogP contribution in [0, 0.1) is 0 Å². The molecule has 0 aromatic rings. The molecular weight excluding hydrogens is 260 g/mol. The molecule has 1 aliphatic carbocycles. The van der Waals surface area contributed by atoms with Crippen molar-refractivity contribution in [3.05, 3.63) is 11.6 Å². The number of amides is 2. The SMILES string of the molecule is CC(C)(C)OC(=O)N1CC(N[C@@H](C=C2CC2)CO)C1=O. The van der Waals surface area contributed by atoms with E-state index in [1.54, 1.807) is 20.8 Å². The molecule has 1 aliphatic heterocycles. The summed E-state index contributed by atoms with van der Waals surface area (Å²) in [4.78, 5) is 24.7. The first-order chi connectivity index (χ1) is 9.30. The number of β-lactam (4-membered cyclic amide) rings is 1. The van der Waals surface area contributed by atoms with E-state index in [2.05, 4.69) is 5.32 Å². The third-order valence-electron chi connectivity index (χ3n) is 3.13. The fourth-order valence-electron chi connectivity index (χ4n) is 1.97. The Balaban J connectivity index is 1.82. The summed E-state index contributed by atoms with van der Waals surface area (Å²) in [6, 6.07) is -0.641. The maximum Gasteiger partial charge on any atom is 0.417 e. The number of carbonyl (C=O) groups excluding carboxylic acids is 2. The second-order valence-corrected chi connectivity index (χ2v) is 6.26. The predicted octanol–water partition coefficient (Wildman–Crippen LogP) is 0.803. The van der Waals surface area contributed by atoms with Crippen molar-refractivity contribution in [3.8, 4) is 0 Å². The zero-order chi connectivity index (χ0) is 14.9. The number of hydrogen-bond donors (Lipinski definition) is 2. The van der Waals surface area contributed by atoms with Gasteiger partial charge >= 0.3 is 6.09 Å². The molecule has 0 aromatic heterocycles. The predicted molar refractivity (Wildman–Crippen MR) is 73.1 cm³/mol. The van der Waals surface area contributed by atoms with E-state index in [1.807, 2.05) is 6.08 Å². The van der Waals surface area contributed by atoms with Gasteiger partial charge in [-0.15, -0.1) is 0 Å². The average molecular weight is 282 g/mol. The standard InChI is InChI=1S/C14H22N2O4/c1-14(2,3)20-13(19)16-7-11(12(16)18)15-10(8-17)6-9-4-5-9/h6,10-11,15,17H,4-5,7-8H2,1-3H3/t10-,11?/m0/s1. The summed E-state index contributed by atoms with van der Waals surface area (Å²) in [5, 5.41) is 12.3. The van der Waals surface area contributed by atoms with Crippen LogP contribution < -0.4 is 5.32 Å². The number of hydrogen-bond acceptors (Lipinski definition) is 5. The van der Waals surface area contributed by atoms with Crippen LogP contribution in [0.4, 0.5) is 4.79 Å². The quantitative estimate of drug-likeness (QED) is 0.589. The molecule has 20 heavy (non-hydrogen) atoms. The van der Waals surface area contributed by atoms with Gasteiger partial charge in [-0.3, -0.25) is 10.1 Å². The molecule has 2 amide bonds. The Morgan fingerprint density at radius 1 is 1.55 bits per heavy atom. The zero-order valence-corrected chi connectivity index (χ0v) is 12.2. The summed E-state index contributed by atoms with van der Waals surface area (Å²) < 4.78 is 5.14. The van der Waals surface area contributed by atoms with Crippen LogP contribution >= 0.6 is 0 Å². The topological polar surface area (TPSA) is 78.9 Å². The maximum atomic E-state index is 11.9.